The highest BCUT2D eigenvalue weighted by molar-refractivity contribution is 5.81. The highest BCUT2D eigenvalue weighted by Crippen LogP contribution is 2.33. The fourth-order valence-corrected chi connectivity index (χ4v) is 3.32. The van der Waals surface area contributed by atoms with Crippen molar-refractivity contribution < 1.29 is 9.90 Å². The molecule has 1 saturated carbocycles. The van der Waals surface area contributed by atoms with E-state index in [1.165, 1.54) is 6.33 Å². The molecule has 0 unspecified atom stereocenters. The molecule has 3 N–H and O–H groups in total. The van der Waals surface area contributed by atoms with Crippen LogP contribution in [0.15, 0.2) is 12.7 Å². The van der Waals surface area contributed by atoms with Gasteiger partial charge in [-0.25, -0.2) is 15.0 Å². The van der Waals surface area contributed by atoms with E-state index in [0.29, 0.717) is 42.9 Å². The smallest absolute Gasteiger partial charge is 0.225 e. The van der Waals surface area contributed by atoms with Crippen LogP contribution in [0, 0.1) is 5.92 Å². The summed E-state index contributed by atoms with van der Waals surface area (Å²) in [5.41, 5.74) is 7.00. The first kappa shape index (κ1) is 14.4. The van der Waals surface area contributed by atoms with Crippen molar-refractivity contribution in [2.24, 2.45) is 5.92 Å². The maximum Gasteiger partial charge on any atom is 0.225 e. The molecule has 1 saturated heterocycles. The monoisotopic (exact) mass is 316 g/mol. The first-order chi connectivity index (χ1) is 11.1. The maximum atomic E-state index is 12.3. The minimum Gasteiger partial charge on any atom is -0.391 e. The van der Waals surface area contributed by atoms with E-state index in [0.717, 1.165) is 12.8 Å². The van der Waals surface area contributed by atoms with Crippen molar-refractivity contribution in [3.63, 3.8) is 0 Å². The van der Waals surface area contributed by atoms with Gasteiger partial charge in [-0.2, -0.15) is 0 Å². The van der Waals surface area contributed by atoms with E-state index >= 15 is 0 Å². The molecule has 0 radical (unpaired) electrons. The van der Waals surface area contributed by atoms with Crippen LogP contribution in [0.25, 0.3) is 11.2 Å². The van der Waals surface area contributed by atoms with Crippen LogP contribution in [-0.4, -0.2) is 54.6 Å². The molecule has 1 amide bonds. The lowest BCUT2D eigenvalue weighted by Gasteiger charge is -2.22. The molecule has 8 heteroatoms. The lowest BCUT2D eigenvalue weighted by atomic mass is 10.1. The largest absolute Gasteiger partial charge is 0.391 e. The standard InChI is InChI=1S/C15H20N6O2/c16-13-12-14(18-7-17-13)21(8-19-12)10-3-5-20(6-4-11(10)22)15(23)9-1-2-9/h7-11,22H,1-6H2,(H2,16,17,18)/t10-,11-/m0/s1. The first-order valence-corrected chi connectivity index (χ1v) is 8.05. The zero-order valence-corrected chi connectivity index (χ0v) is 12.8. The number of hydrogen-bond acceptors (Lipinski definition) is 6. The first-order valence-electron chi connectivity index (χ1n) is 8.05. The number of carbonyl (C=O) groups is 1. The third kappa shape index (κ3) is 2.52. The van der Waals surface area contributed by atoms with Crippen molar-refractivity contribution in [3.05, 3.63) is 12.7 Å². The summed E-state index contributed by atoms with van der Waals surface area (Å²) in [6, 6.07) is -0.161. The number of anilines is 1. The van der Waals surface area contributed by atoms with Crippen molar-refractivity contribution in [2.75, 3.05) is 18.8 Å². The van der Waals surface area contributed by atoms with Gasteiger partial charge in [0.05, 0.1) is 18.5 Å². The Labute approximate surface area is 133 Å². The summed E-state index contributed by atoms with van der Waals surface area (Å²) in [5.74, 6) is 0.785. The van der Waals surface area contributed by atoms with Gasteiger partial charge in [-0.05, 0) is 25.7 Å². The molecule has 2 atom stereocenters. The highest BCUT2D eigenvalue weighted by atomic mass is 16.3. The van der Waals surface area contributed by atoms with Crippen LogP contribution in [0.5, 0.6) is 0 Å². The molecule has 8 nitrogen and oxygen atoms in total. The van der Waals surface area contributed by atoms with Crippen LogP contribution in [0.4, 0.5) is 5.82 Å². The minimum atomic E-state index is -0.541. The molecule has 4 rings (SSSR count). The van der Waals surface area contributed by atoms with Gasteiger partial charge >= 0.3 is 0 Å². The Morgan fingerprint density at radius 1 is 1.17 bits per heavy atom. The van der Waals surface area contributed by atoms with Gasteiger partial charge in [0.2, 0.25) is 5.91 Å². The summed E-state index contributed by atoms with van der Waals surface area (Å²) in [4.78, 5) is 26.6. The van der Waals surface area contributed by atoms with Gasteiger partial charge < -0.3 is 20.3 Å². The van der Waals surface area contributed by atoms with E-state index in [1.807, 2.05) is 9.47 Å². The third-order valence-corrected chi connectivity index (χ3v) is 4.82. The van der Waals surface area contributed by atoms with Gasteiger partial charge in [0.1, 0.15) is 11.8 Å². The lowest BCUT2D eigenvalue weighted by molar-refractivity contribution is -0.132. The SMILES string of the molecule is Nc1ncnc2c1ncn2[C@H]1CCN(C(=O)C2CC2)CC[C@@H]1O. The van der Waals surface area contributed by atoms with E-state index in [4.69, 9.17) is 5.73 Å². The molecule has 0 bridgehead atoms. The van der Waals surface area contributed by atoms with Crippen LogP contribution in [0.2, 0.25) is 0 Å². The molecule has 3 heterocycles. The number of hydrogen-bond donors (Lipinski definition) is 2. The number of nitrogens with zero attached hydrogens (tertiary/aromatic N) is 5. The second-order valence-corrected chi connectivity index (χ2v) is 6.39. The molecule has 0 aromatic carbocycles. The van der Waals surface area contributed by atoms with Crippen LogP contribution in [-0.2, 0) is 4.79 Å². The minimum absolute atomic E-state index is 0.161. The maximum absolute atomic E-state index is 12.3. The number of imidazole rings is 1. The molecular weight excluding hydrogens is 296 g/mol. The number of nitrogens with two attached hydrogens (primary N) is 1. The number of nitrogen functional groups attached to an aromatic ring is 1. The van der Waals surface area contributed by atoms with E-state index < -0.39 is 6.10 Å². The topological polar surface area (TPSA) is 110 Å². The van der Waals surface area contributed by atoms with Crippen LogP contribution in [0.1, 0.15) is 31.7 Å². The second kappa shape index (κ2) is 5.45. The van der Waals surface area contributed by atoms with E-state index in [9.17, 15) is 9.90 Å². The number of rotatable bonds is 2. The summed E-state index contributed by atoms with van der Waals surface area (Å²) in [7, 11) is 0. The number of carbonyl (C=O) groups excluding carboxylic acids is 1. The number of fused-ring (bicyclic) bond motifs is 1. The summed E-state index contributed by atoms with van der Waals surface area (Å²) in [6.45, 7) is 1.26. The van der Waals surface area contributed by atoms with E-state index in [2.05, 4.69) is 15.0 Å². The number of amides is 1. The third-order valence-electron chi connectivity index (χ3n) is 4.82. The summed E-state index contributed by atoms with van der Waals surface area (Å²) in [6.07, 6.45) is 5.76. The van der Waals surface area contributed by atoms with Gasteiger partial charge in [0.15, 0.2) is 11.5 Å². The zero-order valence-electron chi connectivity index (χ0n) is 12.8. The predicted molar refractivity (Wildman–Crippen MR) is 83.3 cm³/mol. The molecule has 1 aliphatic heterocycles. The average molecular weight is 316 g/mol. The highest BCUT2D eigenvalue weighted by Gasteiger charge is 2.36. The van der Waals surface area contributed by atoms with Crippen LogP contribution >= 0.6 is 0 Å². The average Bonchev–Trinajstić information content (AvgIpc) is 3.33. The molecule has 1 aliphatic carbocycles. The Morgan fingerprint density at radius 3 is 2.74 bits per heavy atom. The Bertz CT molecular complexity index is 741. The number of aliphatic hydroxyl groups excluding tert-OH is 1. The second-order valence-electron chi connectivity index (χ2n) is 6.39. The van der Waals surface area contributed by atoms with E-state index in [1.54, 1.807) is 6.33 Å². The quantitative estimate of drug-likeness (QED) is 0.827. The lowest BCUT2D eigenvalue weighted by Crippen LogP contribution is -2.33. The fourth-order valence-electron chi connectivity index (χ4n) is 3.32. The number of likely N-dealkylation sites (tertiary alicyclic amines) is 1. The van der Waals surface area contributed by atoms with Crippen LogP contribution in [0.3, 0.4) is 0 Å². The molecular formula is C15H20N6O2. The molecule has 2 aromatic heterocycles. The van der Waals surface area contributed by atoms with Crippen molar-refractivity contribution in [2.45, 2.75) is 37.8 Å². The van der Waals surface area contributed by atoms with Gasteiger partial charge in [0, 0.05) is 19.0 Å². The van der Waals surface area contributed by atoms with Gasteiger partial charge in [0.25, 0.3) is 0 Å². The number of aromatic nitrogens is 4. The molecule has 0 spiro atoms. The van der Waals surface area contributed by atoms with Crippen molar-refractivity contribution in [1.82, 2.24) is 24.4 Å². The van der Waals surface area contributed by atoms with Gasteiger partial charge in [-0.1, -0.05) is 0 Å². The van der Waals surface area contributed by atoms with Crippen molar-refractivity contribution in [1.29, 1.82) is 0 Å². The molecule has 122 valence electrons. The molecule has 2 fully saturated rings. The molecule has 23 heavy (non-hydrogen) atoms. The number of aliphatic hydroxyl groups is 1. The fraction of sp³-hybridized carbons (Fsp3) is 0.600. The Hall–Kier alpha value is -2.22. The predicted octanol–water partition coefficient (Wildman–Crippen LogP) is 0.343. The van der Waals surface area contributed by atoms with Gasteiger partial charge in [-0.15, -0.1) is 0 Å². The molecule has 2 aromatic rings. The summed E-state index contributed by atoms with van der Waals surface area (Å²) >= 11 is 0. The summed E-state index contributed by atoms with van der Waals surface area (Å²) in [5, 5.41) is 10.5. The van der Waals surface area contributed by atoms with Gasteiger partial charge in [-0.3, -0.25) is 4.79 Å². The molecule has 2 aliphatic rings. The Kier molecular flexibility index (Phi) is 3.41. The zero-order chi connectivity index (χ0) is 16.0. The van der Waals surface area contributed by atoms with Crippen molar-refractivity contribution in [3.8, 4) is 0 Å². The Balaban J connectivity index is 1.60. The van der Waals surface area contributed by atoms with Crippen LogP contribution < -0.4 is 5.73 Å². The normalized spacial score (nSPS) is 25.5. The Morgan fingerprint density at radius 2 is 1.96 bits per heavy atom. The van der Waals surface area contributed by atoms with Crippen molar-refractivity contribution >= 4 is 22.9 Å². The summed E-state index contributed by atoms with van der Waals surface area (Å²) < 4.78 is 1.86. The van der Waals surface area contributed by atoms with E-state index in [-0.39, 0.29) is 17.9 Å².